The Bertz CT molecular complexity index is 1400. The lowest BCUT2D eigenvalue weighted by atomic mass is 9.82. The largest absolute Gasteiger partial charge is 0.415 e. The second-order valence-corrected chi connectivity index (χ2v) is 10.8. The molecule has 0 aliphatic carbocycles. The number of Topliss-reactive ketones (excluding diaryl/α,β-unsaturated/α-hetero) is 1. The highest BCUT2D eigenvalue weighted by molar-refractivity contribution is 5.89. The number of anilines is 1. The number of piperidine rings is 1. The van der Waals surface area contributed by atoms with Crippen molar-refractivity contribution < 1.29 is 27.9 Å². The van der Waals surface area contributed by atoms with Gasteiger partial charge in [-0.1, -0.05) is 18.2 Å². The Morgan fingerprint density at radius 2 is 1.62 bits per heavy atom. The second-order valence-electron chi connectivity index (χ2n) is 10.8. The molecule has 220 valence electrons. The summed E-state index contributed by atoms with van der Waals surface area (Å²) in [6.45, 7) is 5.15. The first kappa shape index (κ1) is 29.2. The van der Waals surface area contributed by atoms with Crippen LogP contribution in [-0.4, -0.2) is 71.3 Å². The minimum absolute atomic E-state index is 0.0575. The number of rotatable bonds is 7. The molecule has 2 aliphatic heterocycles. The van der Waals surface area contributed by atoms with Gasteiger partial charge in [-0.2, -0.15) is 0 Å². The lowest BCUT2D eigenvalue weighted by molar-refractivity contribution is -0.140. The van der Waals surface area contributed by atoms with E-state index in [1.165, 1.54) is 43.3 Å². The number of ether oxygens (including phenoxy) is 1. The van der Waals surface area contributed by atoms with Crippen LogP contribution in [0.25, 0.3) is 0 Å². The number of hydrogen-bond acceptors (Lipinski definition) is 6. The van der Waals surface area contributed by atoms with E-state index in [4.69, 9.17) is 4.74 Å². The molecule has 2 saturated heterocycles. The van der Waals surface area contributed by atoms with E-state index >= 15 is 0 Å². The van der Waals surface area contributed by atoms with Gasteiger partial charge in [0.05, 0.1) is 12.0 Å². The average Bonchev–Trinajstić information content (AvgIpc) is 3.43. The third-order valence-electron chi connectivity index (χ3n) is 8.32. The minimum Gasteiger partial charge on any atom is -0.410 e. The highest BCUT2D eigenvalue weighted by atomic mass is 19.1. The molecule has 0 spiro atoms. The maximum atomic E-state index is 14.0. The summed E-state index contributed by atoms with van der Waals surface area (Å²) in [4.78, 5) is 49.9. The molecule has 0 bridgehead atoms. The Morgan fingerprint density at radius 1 is 0.929 bits per heavy atom. The zero-order valence-corrected chi connectivity index (χ0v) is 23.7. The van der Waals surface area contributed by atoms with Gasteiger partial charge in [-0.3, -0.25) is 9.59 Å². The maximum absolute atomic E-state index is 14.0. The fraction of sp³-hybridized carbons (Fsp3) is 0.375. The summed E-state index contributed by atoms with van der Waals surface area (Å²) >= 11 is 0. The molecule has 2 unspecified atom stereocenters. The molecule has 2 fully saturated rings. The van der Waals surface area contributed by atoms with E-state index < -0.39 is 29.8 Å². The first-order chi connectivity index (χ1) is 20.2. The van der Waals surface area contributed by atoms with Crippen LogP contribution in [0.4, 0.5) is 19.4 Å². The van der Waals surface area contributed by atoms with Crippen molar-refractivity contribution in [2.45, 2.75) is 32.2 Å². The molecule has 0 saturated carbocycles. The van der Waals surface area contributed by atoms with Crippen LogP contribution in [0, 0.1) is 23.5 Å². The molecule has 3 heterocycles. The van der Waals surface area contributed by atoms with E-state index in [-0.39, 0.29) is 35.7 Å². The number of benzene rings is 2. The lowest BCUT2D eigenvalue weighted by Gasteiger charge is -2.38. The monoisotopic (exact) mass is 576 g/mol. The molecule has 5 rings (SSSR count). The number of halogens is 2. The fourth-order valence-electron chi connectivity index (χ4n) is 6.12. The zero-order chi connectivity index (χ0) is 29.8. The SMILES string of the molecule is CCN(C(=O)Oc1ccc(F)cc1)[C@@H]1CN(C(=O)C2CCN(c3ccccn3)CC2C(C)=O)C[C@H]1c1ccc(F)cc1. The molecule has 3 aromatic rings. The molecule has 0 radical (unpaired) electrons. The molecule has 42 heavy (non-hydrogen) atoms. The number of carbonyl (C=O) groups is 3. The van der Waals surface area contributed by atoms with Gasteiger partial charge in [-0.25, -0.2) is 18.6 Å². The highest BCUT2D eigenvalue weighted by Crippen LogP contribution is 2.36. The first-order valence-corrected chi connectivity index (χ1v) is 14.2. The van der Waals surface area contributed by atoms with Crippen molar-refractivity contribution in [2.75, 3.05) is 37.6 Å². The van der Waals surface area contributed by atoms with Crippen molar-refractivity contribution in [3.63, 3.8) is 0 Å². The molecule has 1 aromatic heterocycles. The number of pyridine rings is 1. The highest BCUT2D eigenvalue weighted by Gasteiger charge is 2.46. The Kier molecular flexibility index (Phi) is 8.80. The summed E-state index contributed by atoms with van der Waals surface area (Å²) in [6, 6.07) is 16.4. The number of ketones is 1. The normalized spacial score (nSPS) is 22.1. The van der Waals surface area contributed by atoms with Crippen LogP contribution in [0.5, 0.6) is 5.75 Å². The van der Waals surface area contributed by atoms with Crippen molar-refractivity contribution >= 4 is 23.6 Å². The molecule has 4 atom stereocenters. The Hall–Kier alpha value is -4.34. The second kappa shape index (κ2) is 12.7. The van der Waals surface area contributed by atoms with E-state index in [9.17, 15) is 23.2 Å². The number of likely N-dealkylation sites (N-methyl/N-ethyl adjacent to an activating group) is 1. The summed E-state index contributed by atoms with van der Waals surface area (Å²) in [5.41, 5.74) is 0.790. The van der Waals surface area contributed by atoms with Crippen molar-refractivity contribution in [3.05, 3.63) is 90.1 Å². The third kappa shape index (κ3) is 6.27. The van der Waals surface area contributed by atoms with Crippen molar-refractivity contribution in [2.24, 2.45) is 11.8 Å². The van der Waals surface area contributed by atoms with Gasteiger partial charge in [0, 0.05) is 50.8 Å². The molecular formula is C32H34F2N4O4. The number of hydrogen-bond donors (Lipinski definition) is 0. The van der Waals surface area contributed by atoms with Crippen molar-refractivity contribution in [3.8, 4) is 5.75 Å². The Morgan fingerprint density at radius 3 is 2.24 bits per heavy atom. The third-order valence-corrected chi connectivity index (χ3v) is 8.32. The van der Waals surface area contributed by atoms with Gasteiger partial charge in [0.25, 0.3) is 0 Å². The fourth-order valence-corrected chi connectivity index (χ4v) is 6.12. The smallest absolute Gasteiger partial charge is 0.410 e. The van der Waals surface area contributed by atoms with Gasteiger partial charge in [-0.15, -0.1) is 0 Å². The number of likely N-dealkylation sites (tertiary alicyclic amines) is 1. The van der Waals surface area contributed by atoms with E-state index in [0.29, 0.717) is 32.6 Å². The van der Waals surface area contributed by atoms with Crippen LogP contribution < -0.4 is 9.64 Å². The number of aromatic nitrogens is 1. The van der Waals surface area contributed by atoms with Crippen LogP contribution in [-0.2, 0) is 9.59 Å². The average molecular weight is 577 g/mol. The molecule has 2 amide bonds. The molecular weight excluding hydrogens is 542 g/mol. The number of amides is 2. The van der Waals surface area contributed by atoms with Gasteiger partial charge < -0.3 is 19.4 Å². The molecule has 8 nitrogen and oxygen atoms in total. The van der Waals surface area contributed by atoms with Gasteiger partial charge >= 0.3 is 6.09 Å². The standard InChI is InChI=1S/C32H34F2N4O4/c1-3-38(32(41)42-25-13-11-24(34)12-14-25)29-20-37(19-28(29)22-7-9-23(33)10-8-22)31(40)26-15-17-36(18-27(26)21(2)39)30-6-4-5-16-35-30/h4-14,16,26-29H,3,15,17-20H2,1-2H3/t26?,27?,28-,29+/m0/s1. The van der Waals surface area contributed by atoms with Gasteiger partial charge in [0.2, 0.25) is 5.91 Å². The number of carbonyl (C=O) groups excluding carboxylic acids is 3. The van der Waals surface area contributed by atoms with Crippen molar-refractivity contribution in [1.82, 2.24) is 14.8 Å². The van der Waals surface area contributed by atoms with Gasteiger partial charge in [0.15, 0.2) is 0 Å². The van der Waals surface area contributed by atoms with E-state index in [1.807, 2.05) is 30.0 Å². The molecule has 2 aliphatic rings. The van der Waals surface area contributed by atoms with Crippen LogP contribution in [0.3, 0.4) is 0 Å². The summed E-state index contributed by atoms with van der Waals surface area (Å²) < 4.78 is 32.7. The summed E-state index contributed by atoms with van der Waals surface area (Å²) in [5, 5.41) is 0. The van der Waals surface area contributed by atoms with Gasteiger partial charge in [0.1, 0.15) is 29.0 Å². The zero-order valence-electron chi connectivity index (χ0n) is 23.7. The number of nitrogens with zero attached hydrogens (tertiary/aromatic N) is 4. The van der Waals surface area contributed by atoms with Crippen LogP contribution in [0.2, 0.25) is 0 Å². The molecule has 0 N–H and O–H groups in total. The van der Waals surface area contributed by atoms with E-state index in [2.05, 4.69) is 4.98 Å². The molecule has 2 aromatic carbocycles. The van der Waals surface area contributed by atoms with Crippen LogP contribution >= 0.6 is 0 Å². The van der Waals surface area contributed by atoms with Crippen LogP contribution in [0.15, 0.2) is 72.9 Å². The van der Waals surface area contributed by atoms with E-state index in [0.717, 1.165) is 11.4 Å². The minimum atomic E-state index is -0.624. The van der Waals surface area contributed by atoms with E-state index in [1.54, 1.807) is 28.1 Å². The summed E-state index contributed by atoms with van der Waals surface area (Å²) in [5.74, 6) is -1.35. The van der Waals surface area contributed by atoms with Crippen molar-refractivity contribution in [1.29, 1.82) is 0 Å². The van der Waals surface area contributed by atoms with Gasteiger partial charge in [-0.05, 0) is 74.4 Å². The topological polar surface area (TPSA) is 83.1 Å². The first-order valence-electron chi connectivity index (χ1n) is 14.2. The predicted octanol–water partition coefficient (Wildman–Crippen LogP) is 4.91. The quantitative estimate of drug-likeness (QED) is 0.398. The summed E-state index contributed by atoms with van der Waals surface area (Å²) in [7, 11) is 0. The Balaban J connectivity index is 1.38. The predicted molar refractivity (Wildman–Crippen MR) is 153 cm³/mol. The lowest BCUT2D eigenvalue weighted by Crippen LogP contribution is -2.50. The molecule has 10 heteroatoms. The summed E-state index contributed by atoms with van der Waals surface area (Å²) in [6.07, 6.45) is 1.57. The maximum Gasteiger partial charge on any atom is 0.415 e. The Labute approximate surface area is 243 Å². The van der Waals surface area contributed by atoms with Crippen LogP contribution in [0.1, 0.15) is 31.7 Å².